The number of amides is 2. The summed E-state index contributed by atoms with van der Waals surface area (Å²) in [7, 11) is 1.68. The molecule has 0 spiro atoms. The standard InChI is InChI=1S/C26H35N3O3/c1-19(2)25(28-24(30)17-20-11-5-4-6-12-20)26(31)27-18-22(29-15-9-10-16-29)21-13-7-8-14-23(21)32-3/h4-8,11-14,19,22,25H,9-10,15-18H2,1-3H3,(H,27,31)(H,28,30)/t22-,25-/m0/s1. The first-order valence-electron chi connectivity index (χ1n) is 11.5. The molecule has 0 aromatic heterocycles. The molecule has 3 rings (SSSR count). The zero-order valence-corrected chi connectivity index (χ0v) is 19.3. The van der Waals surface area contributed by atoms with Crippen molar-refractivity contribution in [1.82, 2.24) is 15.5 Å². The zero-order chi connectivity index (χ0) is 22.9. The van der Waals surface area contributed by atoms with E-state index >= 15 is 0 Å². The summed E-state index contributed by atoms with van der Waals surface area (Å²) >= 11 is 0. The highest BCUT2D eigenvalue weighted by molar-refractivity contribution is 5.88. The van der Waals surface area contributed by atoms with Crippen LogP contribution in [0.3, 0.4) is 0 Å². The summed E-state index contributed by atoms with van der Waals surface area (Å²) in [4.78, 5) is 28.1. The van der Waals surface area contributed by atoms with Crippen molar-refractivity contribution in [2.45, 2.75) is 45.2 Å². The van der Waals surface area contributed by atoms with Crippen LogP contribution in [-0.4, -0.2) is 49.5 Å². The average Bonchev–Trinajstić information content (AvgIpc) is 3.33. The van der Waals surface area contributed by atoms with Crippen molar-refractivity contribution < 1.29 is 14.3 Å². The highest BCUT2D eigenvalue weighted by Crippen LogP contribution is 2.31. The van der Waals surface area contributed by atoms with E-state index in [1.165, 1.54) is 0 Å². The molecule has 6 nitrogen and oxygen atoms in total. The lowest BCUT2D eigenvalue weighted by Gasteiger charge is -2.30. The zero-order valence-electron chi connectivity index (χ0n) is 19.3. The van der Waals surface area contributed by atoms with Crippen molar-refractivity contribution in [1.29, 1.82) is 0 Å². The van der Waals surface area contributed by atoms with Gasteiger partial charge in [-0.1, -0.05) is 62.4 Å². The molecule has 2 aromatic carbocycles. The van der Waals surface area contributed by atoms with Crippen LogP contribution >= 0.6 is 0 Å². The van der Waals surface area contributed by atoms with E-state index < -0.39 is 6.04 Å². The number of nitrogens with one attached hydrogen (secondary N) is 2. The second-order valence-electron chi connectivity index (χ2n) is 8.70. The largest absolute Gasteiger partial charge is 0.496 e. The number of benzene rings is 2. The van der Waals surface area contributed by atoms with E-state index in [9.17, 15) is 9.59 Å². The normalized spacial score (nSPS) is 15.9. The van der Waals surface area contributed by atoms with Crippen molar-refractivity contribution in [3.8, 4) is 5.75 Å². The molecule has 0 unspecified atom stereocenters. The van der Waals surface area contributed by atoms with E-state index in [-0.39, 0.29) is 30.2 Å². The Morgan fingerprint density at radius 2 is 1.66 bits per heavy atom. The number of para-hydroxylation sites is 1. The average molecular weight is 438 g/mol. The van der Waals surface area contributed by atoms with Gasteiger partial charge in [-0.05, 0) is 43.5 Å². The topological polar surface area (TPSA) is 70.7 Å². The highest BCUT2D eigenvalue weighted by atomic mass is 16.5. The Balaban J connectivity index is 1.66. The number of rotatable bonds is 10. The lowest BCUT2D eigenvalue weighted by Crippen LogP contribution is -2.51. The van der Waals surface area contributed by atoms with Crippen LogP contribution in [-0.2, 0) is 16.0 Å². The molecular formula is C26H35N3O3. The summed E-state index contributed by atoms with van der Waals surface area (Å²) in [5.74, 6) is 0.507. The molecule has 0 radical (unpaired) electrons. The molecule has 0 aliphatic carbocycles. The summed E-state index contributed by atoms with van der Waals surface area (Å²) < 4.78 is 5.59. The van der Waals surface area contributed by atoms with E-state index in [4.69, 9.17) is 4.74 Å². The minimum absolute atomic E-state index is 0.0220. The van der Waals surface area contributed by atoms with Gasteiger partial charge < -0.3 is 15.4 Å². The maximum Gasteiger partial charge on any atom is 0.242 e. The third-order valence-electron chi connectivity index (χ3n) is 6.02. The molecule has 32 heavy (non-hydrogen) atoms. The molecule has 1 heterocycles. The molecular weight excluding hydrogens is 402 g/mol. The van der Waals surface area contributed by atoms with Gasteiger partial charge in [-0.15, -0.1) is 0 Å². The number of methoxy groups -OCH3 is 1. The minimum atomic E-state index is -0.580. The van der Waals surface area contributed by atoms with Crippen LogP contribution in [0.4, 0.5) is 0 Å². The molecule has 0 bridgehead atoms. The Bertz CT molecular complexity index is 879. The number of hydrogen-bond donors (Lipinski definition) is 2. The van der Waals surface area contributed by atoms with E-state index in [1.54, 1.807) is 7.11 Å². The van der Waals surface area contributed by atoms with Crippen LogP contribution in [0.5, 0.6) is 5.75 Å². The van der Waals surface area contributed by atoms with Crippen molar-refractivity contribution >= 4 is 11.8 Å². The van der Waals surface area contributed by atoms with Crippen molar-refractivity contribution in [2.24, 2.45) is 5.92 Å². The van der Waals surface area contributed by atoms with Crippen LogP contribution in [0, 0.1) is 5.92 Å². The maximum absolute atomic E-state index is 13.1. The molecule has 1 aliphatic rings. The fourth-order valence-corrected chi connectivity index (χ4v) is 4.28. The Hall–Kier alpha value is -2.86. The fourth-order valence-electron chi connectivity index (χ4n) is 4.28. The monoisotopic (exact) mass is 437 g/mol. The number of ether oxygens (including phenoxy) is 1. The van der Waals surface area contributed by atoms with Crippen molar-refractivity contribution in [3.63, 3.8) is 0 Å². The van der Waals surface area contributed by atoms with Gasteiger partial charge in [-0.2, -0.15) is 0 Å². The van der Waals surface area contributed by atoms with E-state index in [2.05, 4.69) is 21.6 Å². The Morgan fingerprint density at radius 3 is 2.31 bits per heavy atom. The van der Waals surface area contributed by atoms with Gasteiger partial charge in [0.25, 0.3) is 0 Å². The molecule has 0 saturated carbocycles. The highest BCUT2D eigenvalue weighted by Gasteiger charge is 2.29. The second kappa shape index (κ2) is 11.7. The van der Waals surface area contributed by atoms with Crippen LogP contribution in [0.15, 0.2) is 54.6 Å². The molecule has 2 aromatic rings. The molecule has 1 aliphatic heterocycles. The lowest BCUT2D eigenvalue weighted by molar-refractivity contribution is -0.129. The van der Waals surface area contributed by atoms with Gasteiger partial charge in [0.1, 0.15) is 11.8 Å². The third kappa shape index (κ3) is 6.33. The summed E-state index contributed by atoms with van der Waals surface area (Å²) in [5, 5.41) is 6.04. The van der Waals surface area contributed by atoms with Crippen LogP contribution in [0.2, 0.25) is 0 Å². The lowest BCUT2D eigenvalue weighted by atomic mass is 10.0. The second-order valence-corrected chi connectivity index (χ2v) is 8.70. The SMILES string of the molecule is COc1ccccc1[C@H](CNC(=O)[C@@H](NC(=O)Cc1ccccc1)C(C)C)N1CCCC1. The van der Waals surface area contributed by atoms with Crippen molar-refractivity contribution in [2.75, 3.05) is 26.7 Å². The summed E-state index contributed by atoms with van der Waals surface area (Å²) in [5.41, 5.74) is 2.00. The van der Waals surface area contributed by atoms with Gasteiger partial charge in [0.15, 0.2) is 0 Å². The number of likely N-dealkylation sites (tertiary alicyclic amines) is 1. The predicted octanol–water partition coefficient (Wildman–Crippen LogP) is 3.33. The molecule has 172 valence electrons. The smallest absolute Gasteiger partial charge is 0.242 e. The van der Waals surface area contributed by atoms with Crippen LogP contribution in [0.25, 0.3) is 0 Å². The van der Waals surface area contributed by atoms with E-state index in [0.717, 1.165) is 42.8 Å². The summed E-state index contributed by atoms with van der Waals surface area (Å²) in [6.45, 7) is 6.37. The number of carbonyl (C=O) groups excluding carboxylic acids is 2. The predicted molar refractivity (Wildman–Crippen MR) is 126 cm³/mol. The van der Waals surface area contributed by atoms with Gasteiger partial charge in [-0.25, -0.2) is 0 Å². The molecule has 2 N–H and O–H groups in total. The van der Waals surface area contributed by atoms with Gasteiger partial charge in [-0.3, -0.25) is 14.5 Å². The maximum atomic E-state index is 13.1. The molecule has 1 fully saturated rings. The van der Waals surface area contributed by atoms with Gasteiger partial charge in [0.05, 0.1) is 19.6 Å². The molecule has 2 amide bonds. The van der Waals surface area contributed by atoms with Crippen LogP contribution < -0.4 is 15.4 Å². The summed E-state index contributed by atoms with van der Waals surface area (Å²) in [6.07, 6.45) is 2.57. The molecule has 6 heteroatoms. The van der Waals surface area contributed by atoms with Crippen molar-refractivity contribution in [3.05, 3.63) is 65.7 Å². The minimum Gasteiger partial charge on any atom is -0.496 e. The van der Waals surface area contributed by atoms with Crippen LogP contribution in [0.1, 0.15) is 43.9 Å². The Labute approximate surface area is 191 Å². The fraction of sp³-hybridized carbons (Fsp3) is 0.462. The first-order valence-corrected chi connectivity index (χ1v) is 11.5. The summed E-state index contributed by atoms with van der Waals surface area (Å²) in [6, 6.07) is 17.0. The van der Waals surface area contributed by atoms with Gasteiger partial charge in [0, 0.05) is 12.1 Å². The van der Waals surface area contributed by atoms with Gasteiger partial charge in [0.2, 0.25) is 11.8 Å². The number of nitrogens with zero attached hydrogens (tertiary/aromatic N) is 1. The number of hydrogen-bond acceptors (Lipinski definition) is 4. The van der Waals surface area contributed by atoms with Gasteiger partial charge >= 0.3 is 0 Å². The third-order valence-corrected chi connectivity index (χ3v) is 6.02. The van der Waals surface area contributed by atoms with E-state index in [1.807, 2.05) is 62.4 Å². The molecule has 2 atom stereocenters. The molecule has 1 saturated heterocycles. The first-order chi connectivity index (χ1) is 15.5. The Kier molecular flexibility index (Phi) is 8.68. The van der Waals surface area contributed by atoms with E-state index in [0.29, 0.717) is 6.54 Å². The quantitative estimate of drug-likeness (QED) is 0.598. The number of carbonyl (C=O) groups is 2. The Morgan fingerprint density at radius 1 is 1.00 bits per heavy atom. The first kappa shape index (κ1) is 23.8.